The molecule has 0 radical (unpaired) electrons. The molecule has 1 atom stereocenters. The Labute approximate surface area is 138 Å². The van der Waals surface area contributed by atoms with Crippen LogP contribution in [0.15, 0.2) is 65.3 Å². The smallest absolute Gasteiger partial charge is 0.276 e. The largest absolute Gasteiger partial charge is 0.467 e. The molecule has 0 bridgehead atoms. The summed E-state index contributed by atoms with van der Waals surface area (Å²) in [7, 11) is 0. The summed E-state index contributed by atoms with van der Waals surface area (Å²) in [6, 6.07) is 15.7. The molecule has 3 N–H and O–H groups in total. The quantitative estimate of drug-likeness (QED) is 0.644. The fraction of sp³-hybridized carbons (Fsp3) is 0.118. The van der Waals surface area contributed by atoms with E-state index in [0.29, 0.717) is 17.3 Å². The summed E-state index contributed by atoms with van der Waals surface area (Å²) in [6.07, 6.45) is 0.709. The number of aliphatic hydroxyl groups is 1. The van der Waals surface area contributed by atoms with E-state index in [-0.39, 0.29) is 18.1 Å². The Kier molecular flexibility index (Phi) is 4.83. The number of hydrogen-bond donors (Lipinski definition) is 3. The molecule has 3 aromatic rings. The van der Waals surface area contributed by atoms with Crippen LogP contribution in [0, 0.1) is 0 Å². The second kappa shape index (κ2) is 7.38. The first kappa shape index (κ1) is 15.7. The molecule has 24 heavy (non-hydrogen) atoms. The monoisotopic (exact) mass is 324 g/mol. The van der Waals surface area contributed by atoms with E-state index >= 15 is 0 Å². The second-order valence-electron chi connectivity index (χ2n) is 5.04. The Morgan fingerprint density at radius 2 is 1.92 bits per heavy atom. The molecule has 7 heteroatoms. The van der Waals surface area contributed by atoms with Gasteiger partial charge in [-0.3, -0.25) is 4.79 Å². The van der Waals surface area contributed by atoms with E-state index in [9.17, 15) is 9.90 Å². The summed E-state index contributed by atoms with van der Waals surface area (Å²) in [5.74, 6) is 0.585. The van der Waals surface area contributed by atoms with E-state index in [2.05, 4.69) is 20.8 Å². The molecule has 0 spiro atoms. The van der Waals surface area contributed by atoms with E-state index in [1.165, 1.54) is 6.26 Å². The molecule has 3 rings (SSSR count). The summed E-state index contributed by atoms with van der Waals surface area (Å²) in [5.41, 5.74) is 0.893. The Balaban J connectivity index is 1.56. The molecule has 2 heterocycles. The van der Waals surface area contributed by atoms with Crippen LogP contribution in [-0.4, -0.2) is 27.8 Å². The first-order valence-corrected chi connectivity index (χ1v) is 7.38. The Morgan fingerprint density at radius 3 is 2.58 bits per heavy atom. The highest BCUT2D eigenvalue weighted by Gasteiger charge is 2.11. The van der Waals surface area contributed by atoms with E-state index in [0.717, 1.165) is 0 Å². The molecular weight excluding hydrogens is 308 g/mol. The first-order chi connectivity index (χ1) is 11.7. The van der Waals surface area contributed by atoms with Gasteiger partial charge >= 0.3 is 0 Å². The molecule has 7 nitrogen and oxygen atoms in total. The van der Waals surface area contributed by atoms with Crippen LogP contribution in [0.4, 0.5) is 11.5 Å². The van der Waals surface area contributed by atoms with E-state index in [1.54, 1.807) is 36.4 Å². The van der Waals surface area contributed by atoms with Crippen molar-refractivity contribution in [1.82, 2.24) is 10.2 Å². The Hall–Kier alpha value is -3.19. The third-order valence-corrected chi connectivity index (χ3v) is 3.28. The molecule has 0 saturated heterocycles. The number of nitrogens with zero attached hydrogens (tertiary/aromatic N) is 2. The van der Waals surface area contributed by atoms with E-state index in [4.69, 9.17) is 4.42 Å². The lowest BCUT2D eigenvalue weighted by molar-refractivity contribution is 0.102. The maximum atomic E-state index is 12.1. The molecule has 0 saturated carbocycles. The standard InChI is InChI=1S/C17H16N4O3/c22-14(15-7-4-10-24-15)11-18-16-9-8-13(20-21-16)17(23)19-12-5-2-1-3-6-12/h1-10,14,22H,11H2,(H,18,21)(H,19,23)/t14-/m1/s1. The van der Waals surface area contributed by atoms with Gasteiger partial charge < -0.3 is 20.2 Å². The van der Waals surface area contributed by atoms with Crippen LogP contribution in [0.1, 0.15) is 22.4 Å². The average molecular weight is 324 g/mol. The predicted molar refractivity (Wildman–Crippen MR) is 88.6 cm³/mol. The van der Waals surface area contributed by atoms with Gasteiger partial charge in [0.05, 0.1) is 6.26 Å². The number of aliphatic hydroxyl groups excluding tert-OH is 1. The molecule has 2 aromatic heterocycles. The zero-order valence-corrected chi connectivity index (χ0v) is 12.7. The fourth-order valence-corrected chi connectivity index (χ4v) is 2.05. The number of amides is 1. The second-order valence-corrected chi connectivity index (χ2v) is 5.04. The lowest BCUT2D eigenvalue weighted by Crippen LogP contribution is -2.16. The van der Waals surface area contributed by atoms with Crippen molar-refractivity contribution in [2.75, 3.05) is 17.2 Å². The van der Waals surface area contributed by atoms with Gasteiger partial charge in [0.15, 0.2) is 5.69 Å². The van der Waals surface area contributed by atoms with Crippen molar-refractivity contribution in [1.29, 1.82) is 0 Å². The van der Waals surface area contributed by atoms with Crippen molar-refractivity contribution < 1.29 is 14.3 Å². The highest BCUT2D eigenvalue weighted by atomic mass is 16.4. The van der Waals surface area contributed by atoms with Gasteiger partial charge in [-0.05, 0) is 36.4 Å². The number of anilines is 2. The molecule has 122 valence electrons. The lowest BCUT2D eigenvalue weighted by atomic mass is 10.2. The Bertz CT molecular complexity index is 773. The summed E-state index contributed by atoms with van der Waals surface area (Å²) >= 11 is 0. The fourth-order valence-electron chi connectivity index (χ4n) is 2.05. The third kappa shape index (κ3) is 3.96. The zero-order chi connectivity index (χ0) is 16.8. The van der Waals surface area contributed by atoms with E-state index < -0.39 is 6.10 Å². The summed E-state index contributed by atoms with van der Waals surface area (Å²) in [4.78, 5) is 12.1. The third-order valence-electron chi connectivity index (χ3n) is 3.28. The lowest BCUT2D eigenvalue weighted by Gasteiger charge is -2.10. The predicted octanol–water partition coefficient (Wildman–Crippen LogP) is 2.47. The van der Waals surface area contributed by atoms with Crippen LogP contribution < -0.4 is 10.6 Å². The van der Waals surface area contributed by atoms with Crippen LogP contribution in [0.3, 0.4) is 0 Å². The SMILES string of the molecule is O=C(Nc1ccccc1)c1ccc(NC[C@@H](O)c2ccco2)nn1. The average Bonchev–Trinajstić information content (AvgIpc) is 3.16. The van der Waals surface area contributed by atoms with E-state index in [1.807, 2.05) is 18.2 Å². The number of benzene rings is 1. The molecule has 0 fully saturated rings. The van der Waals surface area contributed by atoms with Crippen LogP contribution in [0.5, 0.6) is 0 Å². The van der Waals surface area contributed by atoms with Gasteiger partial charge in [-0.25, -0.2) is 0 Å². The number of nitrogens with one attached hydrogen (secondary N) is 2. The number of carbonyl (C=O) groups excluding carboxylic acids is 1. The van der Waals surface area contributed by atoms with Gasteiger partial charge in [0.2, 0.25) is 0 Å². The van der Waals surface area contributed by atoms with Gasteiger partial charge in [-0.1, -0.05) is 18.2 Å². The minimum Gasteiger partial charge on any atom is -0.467 e. The molecule has 0 aliphatic heterocycles. The maximum Gasteiger partial charge on any atom is 0.276 e. The van der Waals surface area contributed by atoms with Crippen LogP contribution in [0.2, 0.25) is 0 Å². The van der Waals surface area contributed by atoms with Gasteiger partial charge in [0.25, 0.3) is 5.91 Å². The van der Waals surface area contributed by atoms with Crippen LogP contribution >= 0.6 is 0 Å². The molecule has 1 amide bonds. The van der Waals surface area contributed by atoms with Gasteiger partial charge in [0, 0.05) is 12.2 Å². The number of furan rings is 1. The summed E-state index contributed by atoms with van der Waals surface area (Å²) < 4.78 is 5.11. The molecule has 0 unspecified atom stereocenters. The van der Waals surface area contributed by atoms with Gasteiger partial charge in [0.1, 0.15) is 17.7 Å². The van der Waals surface area contributed by atoms with Gasteiger partial charge in [-0.2, -0.15) is 0 Å². The van der Waals surface area contributed by atoms with Crippen molar-refractivity contribution in [3.63, 3.8) is 0 Å². The molecule has 0 aliphatic carbocycles. The van der Waals surface area contributed by atoms with Crippen molar-refractivity contribution in [2.24, 2.45) is 0 Å². The van der Waals surface area contributed by atoms with Crippen molar-refractivity contribution in [3.05, 3.63) is 72.3 Å². The topological polar surface area (TPSA) is 100 Å². The minimum absolute atomic E-state index is 0.205. The first-order valence-electron chi connectivity index (χ1n) is 7.38. The Morgan fingerprint density at radius 1 is 1.08 bits per heavy atom. The summed E-state index contributed by atoms with van der Waals surface area (Å²) in [6.45, 7) is 0.220. The zero-order valence-electron chi connectivity index (χ0n) is 12.7. The number of para-hydroxylation sites is 1. The molecular formula is C17H16N4O3. The highest BCUT2D eigenvalue weighted by Crippen LogP contribution is 2.14. The van der Waals surface area contributed by atoms with Crippen LogP contribution in [0.25, 0.3) is 0 Å². The maximum absolute atomic E-state index is 12.1. The van der Waals surface area contributed by atoms with Crippen molar-refractivity contribution in [3.8, 4) is 0 Å². The molecule has 1 aromatic carbocycles. The van der Waals surface area contributed by atoms with Gasteiger partial charge in [-0.15, -0.1) is 10.2 Å². The number of carbonyl (C=O) groups is 1. The van der Waals surface area contributed by atoms with Crippen molar-refractivity contribution >= 4 is 17.4 Å². The van der Waals surface area contributed by atoms with Crippen LogP contribution in [-0.2, 0) is 0 Å². The minimum atomic E-state index is -0.789. The highest BCUT2D eigenvalue weighted by molar-refractivity contribution is 6.02. The number of hydrogen-bond acceptors (Lipinski definition) is 6. The van der Waals surface area contributed by atoms with Crippen molar-refractivity contribution in [2.45, 2.75) is 6.10 Å². The number of rotatable bonds is 6. The summed E-state index contributed by atoms with van der Waals surface area (Å²) in [5, 5.41) is 23.4. The number of aromatic nitrogens is 2. The normalized spacial score (nSPS) is 11.7. The molecule has 0 aliphatic rings.